The molecule has 6 heteroatoms. The van der Waals surface area contributed by atoms with Crippen molar-refractivity contribution in [2.24, 2.45) is 0 Å². The maximum Gasteiger partial charge on any atom is 0.256 e. The van der Waals surface area contributed by atoms with Gasteiger partial charge in [0.25, 0.3) is 5.56 Å². The molecule has 1 unspecified atom stereocenters. The first-order valence-electron chi connectivity index (χ1n) is 10.0. The van der Waals surface area contributed by atoms with Crippen LogP contribution in [0.15, 0.2) is 88.1 Å². The van der Waals surface area contributed by atoms with Gasteiger partial charge in [0.2, 0.25) is 9.84 Å². The topological polar surface area (TPSA) is 76.2 Å². The molecule has 0 fully saturated rings. The predicted octanol–water partition coefficient (Wildman–Crippen LogP) is 4.86. The Morgan fingerprint density at radius 2 is 1.74 bits per heavy atom. The number of H-pyrrole nitrogens is 1. The number of fused-ring (bicyclic) bond motifs is 5. The van der Waals surface area contributed by atoms with Crippen LogP contribution in [-0.4, -0.2) is 25.4 Å². The van der Waals surface area contributed by atoms with Crippen LogP contribution in [0.4, 0.5) is 0 Å². The van der Waals surface area contributed by atoms with Gasteiger partial charge in [-0.3, -0.25) is 4.79 Å². The van der Waals surface area contributed by atoms with E-state index in [-0.39, 0.29) is 16.9 Å². The number of hydrogen-bond donors (Lipinski definition) is 1. The first kappa shape index (κ1) is 19.7. The minimum atomic E-state index is -4.02. The molecule has 0 aliphatic heterocycles. The second kappa shape index (κ2) is 6.90. The van der Waals surface area contributed by atoms with E-state index in [0.717, 1.165) is 10.8 Å². The molecule has 1 heterocycles. The Labute approximate surface area is 179 Å². The summed E-state index contributed by atoms with van der Waals surface area (Å²) in [6.07, 6.45) is 5.58. The first-order chi connectivity index (χ1) is 14.9. The molecule has 3 aromatic carbocycles. The van der Waals surface area contributed by atoms with Crippen LogP contribution >= 0.6 is 0 Å². The highest BCUT2D eigenvalue weighted by Crippen LogP contribution is 2.42. The van der Waals surface area contributed by atoms with Crippen molar-refractivity contribution in [2.45, 2.75) is 23.2 Å². The first-order valence-corrected chi connectivity index (χ1v) is 11.5. The number of methoxy groups -OCH3 is 1. The molecule has 31 heavy (non-hydrogen) atoms. The van der Waals surface area contributed by atoms with Gasteiger partial charge < -0.3 is 9.72 Å². The van der Waals surface area contributed by atoms with E-state index in [1.54, 1.807) is 37.3 Å². The number of benzene rings is 3. The van der Waals surface area contributed by atoms with E-state index in [0.29, 0.717) is 27.2 Å². The quantitative estimate of drug-likeness (QED) is 0.470. The molecule has 1 N–H and O–H groups in total. The molecule has 0 bridgehead atoms. The van der Waals surface area contributed by atoms with Gasteiger partial charge >= 0.3 is 0 Å². The minimum absolute atomic E-state index is 0.0994. The lowest BCUT2D eigenvalue weighted by atomic mass is 10.00. The van der Waals surface area contributed by atoms with Crippen LogP contribution in [0.2, 0.25) is 0 Å². The number of hydrogen-bond acceptors (Lipinski definition) is 4. The van der Waals surface area contributed by atoms with E-state index < -0.39 is 14.8 Å². The van der Waals surface area contributed by atoms with Gasteiger partial charge in [0.1, 0.15) is 0 Å². The lowest BCUT2D eigenvalue weighted by Gasteiger charge is -2.34. The fourth-order valence-corrected chi connectivity index (χ4v) is 6.73. The second-order valence-corrected chi connectivity index (χ2v) is 9.89. The Morgan fingerprint density at radius 1 is 0.968 bits per heavy atom. The summed E-state index contributed by atoms with van der Waals surface area (Å²) in [7, 11) is -2.60. The molecule has 4 aromatic rings. The van der Waals surface area contributed by atoms with E-state index in [1.807, 2.05) is 42.5 Å². The Balaban J connectivity index is 2.00. The molecule has 1 aliphatic carbocycles. The van der Waals surface area contributed by atoms with Crippen LogP contribution in [0.3, 0.4) is 0 Å². The summed E-state index contributed by atoms with van der Waals surface area (Å²) in [6, 6.07) is 16.4. The summed E-state index contributed by atoms with van der Waals surface area (Å²) in [5, 5.41) is 3.33. The Morgan fingerprint density at radius 3 is 2.52 bits per heavy atom. The van der Waals surface area contributed by atoms with E-state index in [4.69, 9.17) is 4.74 Å². The van der Waals surface area contributed by atoms with Crippen LogP contribution in [0, 0.1) is 0 Å². The third-order valence-corrected chi connectivity index (χ3v) is 8.66. The van der Waals surface area contributed by atoms with Gasteiger partial charge in [0, 0.05) is 35.2 Å². The molecule has 1 atom stereocenters. The van der Waals surface area contributed by atoms with Crippen molar-refractivity contribution in [3.8, 4) is 0 Å². The summed E-state index contributed by atoms with van der Waals surface area (Å²) >= 11 is 0. The van der Waals surface area contributed by atoms with Crippen molar-refractivity contribution in [3.63, 3.8) is 0 Å². The number of aromatic nitrogens is 1. The number of pyridine rings is 1. The molecule has 0 saturated carbocycles. The molecule has 0 saturated heterocycles. The summed E-state index contributed by atoms with van der Waals surface area (Å²) in [6.45, 7) is 1.76. The lowest BCUT2D eigenvalue weighted by molar-refractivity contribution is 0.0929. The molecular weight excluding hydrogens is 410 g/mol. The van der Waals surface area contributed by atoms with Gasteiger partial charge in [-0.25, -0.2) is 8.42 Å². The van der Waals surface area contributed by atoms with Crippen molar-refractivity contribution >= 4 is 42.3 Å². The normalized spacial score (nSPS) is 19.2. The highest BCUT2D eigenvalue weighted by molar-refractivity contribution is 7.93. The van der Waals surface area contributed by atoms with Crippen LogP contribution in [-0.2, 0) is 14.6 Å². The molecule has 5 nitrogen and oxygen atoms in total. The fourth-order valence-electron chi connectivity index (χ4n) is 4.61. The minimum Gasteiger partial charge on any atom is -0.358 e. The molecule has 0 amide bonds. The van der Waals surface area contributed by atoms with Crippen LogP contribution in [0.5, 0.6) is 0 Å². The van der Waals surface area contributed by atoms with E-state index in [9.17, 15) is 13.2 Å². The third-order valence-electron chi connectivity index (χ3n) is 6.22. The van der Waals surface area contributed by atoms with Crippen molar-refractivity contribution in [2.75, 3.05) is 7.11 Å². The Hall–Kier alpha value is -3.22. The smallest absolute Gasteiger partial charge is 0.256 e. The van der Waals surface area contributed by atoms with Gasteiger partial charge in [-0.1, -0.05) is 54.6 Å². The SMILES string of the molecule is COC1(S(=O)(=O)c2cccc3c(=O)[nH]c4ccc5ccccc5c4c23)CC=CC=C1C. The summed E-state index contributed by atoms with van der Waals surface area (Å²) in [5.74, 6) is 0. The van der Waals surface area contributed by atoms with Crippen molar-refractivity contribution < 1.29 is 13.2 Å². The van der Waals surface area contributed by atoms with Crippen molar-refractivity contribution in [1.29, 1.82) is 0 Å². The van der Waals surface area contributed by atoms with Crippen molar-refractivity contribution in [1.82, 2.24) is 4.98 Å². The van der Waals surface area contributed by atoms with Gasteiger partial charge in [0.05, 0.1) is 4.90 Å². The zero-order chi connectivity index (χ0) is 21.8. The number of nitrogens with one attached hydrogen (secondary N) is 1. The van der Waals surface area contributed by atoms with E-state index in [1.165, 1.54) is 7.11 Å². The molecule has 5 rings (SSSR count). The van der Waals surface area contributed by atoms with Gasteiger partial charge in [-0.2, -0.15) is 0 Å². The largest absolute Gasteiger partial charge is 0.358 e. The average molecular weight is 432 g/mol. The molecule has 156 valence electrons. The molecule has 1 aromatic heterocycles. The number of aromatic amines is 1. The maximum absolute atomic E-state index is 14.1. The van der Waals surface area contributed by atoms with Crippen molar-refractivity contribution in [3.05, 3.63) is 88.8 Å². The molecular formula is C25H21NO4S. The van der Waals surface area contributed by atoms with Gasteiger partial charge in [-0.05, 0) is 41.5 Å². The number of sulfone groups is 1. The van der Waals surface area contributed by atoms with Crippen LogP contribution in [0.1, 0.15) is 13.3 Å². The van der Waals surface area contributed by atoms with Crippen LogP contribution < -0.4 is 5.56 Å². The Kier molecular flexibility index (Phi) is 4.39. The predicted molar refractivity (Wildman–Crippen MR) is 124 cm³/mol. The second-order valence-electron chi connectivity index (χ2n) is 7.78. The van der Waals surface area contributed by atoms with Gasteiger partial charge in [0.15, 0.2) is 4.93 Å². The summed E-state index contributed by atoms with van der Waals surface area (Å²) in [5.41, 5.74) is 0.881. The highest BCUT2D eigenvalue weighted by atomic mass is 32.2. The maximum atomic E-state index is 14.1. The average Bonchev–Trinajstić information content (AvgIpc) is 2.78. The molecule has 1 aliphatic rings. The van der Waals surface area contributed by atoms with Crippen LogP contribution in [0.25, 0.3) is 32.4 Å². The lowest BCUT2D eigenvalue weighted by Crippen LogP contribution is -2.42. The summed E-state index contributed by atoms with van der Waals surface area (Å²) < 4.78 is 34.0. The number of rotatable bonds is 3. The third kappa shape index (κ3) is 2.65. The standard InChI is InChI=1S/C25H21NO4S/c1-16-8-5-6-15-25(16,30-2)31(28,29)21-12-7-11-19-23(21)22-18-10-4-3-9-17(18)13-14-20(22)26-24(19)27/h3-14H,15H2,1-2H3,(H,26,27). The monoisotopic (exact) mass is 431 g/mol. The zero-order valence-electron chi connectivity index (χ0n) is 17.2. The zero-order valence-corrected chi connectivity index (χ0v) is 18.0. The van der Waals surface area contributed by atoms with Gasteiger partial charge in [-0.15, -0.1) is 0 Å². The Bertz CT molecular complexity index is 1600. The fraction of sp³-hybridized carbons (Fsp3) is 0.160. The highest BCUT2D eigenvalue weighted by Gasteiger charge is 2.47. The summed E-state index contributed by atoms with van der Waals surface area (Å²) in [4.78, 5) is 14.4. The molecule has 0 radical (unpaired) electrons. The number of allylic oxidation sites excluding steroid dienone is 2. The molecule has 0 spiro atoms. The number of ether oxygens (including phenoxy) is 1. The van der Waals surface area contributed by atoms with E-state index in [2.05, 4.69) is 4.98 Å². The van der Waals surface area contributed by atoms with E-state index >= 15 is 0 Å².